The second kappa shape index (κ2) is 10.9. The lowest BCUT2D eigenvalue weighted by atomic mass is 9.80. The number of fused-ring (bicyclic) bond motifs is 1. The minimum atomic E-state index is 0.519. The Morgan fingerprint density at radius 3 is 2.65 bits per heavy atom. The fourth-order valence-electron chi connectivity index (χ4n) is 6.36. The van der Waals surface area contributed by atoms with Crippen LogP contribution >= 0.6 is 11.3 Å². The zero-order valence-corrected chi connectivity index (χ0v) is 23.1. The molecule has 2 fully saturated rings. The van der Waals surface area contributed by atoms with E-state index in [-0.39, 0.29) is 0 Å². The Morgan fingerprint density at radius 2 is 1.81 bits per heavy atom. The molecule has 1 spiro atoms. The number of hydrogen-bond donors (Lipinski definition) is 1. The SMILES string of the molecule is Cc1c(OCCCN2CCC3(CCOCC3)C2)cccc1-c1cccc(-c2nc3c(s2)CCNC3)c1C. The van der Waals surface area contributed by atoms with Crippen molar-refractivity contribution in [2.24, 2.45) is 5.41 Å². The minimum absolute atomic E-state index is 0.519. The van der Waals surface area contributed by atoms with Gasteiger partial charge in [-0.3, -0.25) is 0 Å². The molecule has 0 amide bonds. The van der Waals surface area contributed by atoms with Crippen LogP contribution in [0.4, 0.5) is 0 Å². The average Bonchev–Trinajstić information content (AvgIpc) is 3.52. The quantitative estimate of drug-likeness (QED) is 0.389. The molecule has 2 saturated heterocycles. The number of rotatable bonds is 7. The molecular weight excluding hydrogens is 478 g/mol. The van der Waals surface area contributed by atoms with Crippen LogP contribution in [0.1, 0.15) is 47.4 Å². The molecule has 2 aromatic carbocycles. The molecule has 3 aliphatic heterocycles. The summed E-state index contributed by atoms with van der Waals surface area (Å²) in [7, 11) is 0. The summed E-state index contributed by atoms with van der Waals surface area (Å²) in [4.78, 5) is 9.06. The van der Waals surface area contributed by atoms with Gasteiger partial charge in [0.25, 0.3) is 0 Å². The summed E-state index contributed by atoms with van der Waals surface area (Å²) in [5.74, 6) is 1.00. The van der Waals surface area contributed by atoms with Crippen molar-refractivity contribution in [3.63, 3.8) is 0 Å². The first-order valence-electron chi connectivity index (χ1n) is 13.9. The zero-order chi connectivity index (χ0) is 25.2. The third kappa shape index (κ3) is 5.22. The van der Waals surface area contributed by atoms with Crippen LogP contribution in [0.25, 0.3) is 21.7 Å². The lowest BCUT2D eigenvalue weighted by Gasteiger charge is -2.33. The molecular formula is C31H39N3O2S. The Morgan fingerprint density at radius 1 is 1.03 bits per heavy atom. The van der Waals surface area contributed by atoms with E-state index in [1.807, 2.05) is 11.3 Å². The number of aromatic nitrogens is 1. The molecule has 3 aliphatic rings. The van der Waals surface area contributed by atoms with Gasteiger partial charge in [0.05, 0.1) is 12.3 Å². The van der Waals surface area contributed by atoms with Crippen molar-refractivity contribution in [1.82, 2.24) is 15.2 Å². The monoisotopic (exact) mass is 517 g/mol. The molecule has 0 aliphatic carbocycles. The molecule has 1 aromatic heterocycles. The van der Waals surface area contributed by atoms with Gasteiger partial charge < -0.3 is 19.7 Å². The summed E-state index contributed by atoms with van der Waals surface area (Å²) < 4.78 is 11.9. The summed E-state index contributed by atoms with van der Waals surface area (Å²) in [6, 6.07) is 13.1. The van der Waals surface area contributed by atoms with Gasteiger partial charge in [-0.25, -0.2) is 4.98 Å². The molecule has 1 N–H and O–H groups in total. The van der Waals surface area contributed by atoms with E-state index in [0.29, 0.717) is 5.41 Å². The van der Waals surface area contributed by atoms with Crippen molar-refractivity contribution in [1.29, 1.82) is 0 Å². The maximum Gasteiger partial charge on any atom is 0.124 e. The van der Waals surface area contributed by atoms with Crippen molar-refractivity contribution in [2.45, 2.75) is 52.5 Å². The van der Waals surface area contributed by atoms with Crippen molar-refractivity contribution >= 4 is 11.3 Å². The van der Waals surface area contributed by atoms with E-state index >= 15 is 0 Å². The van der Waals surface area contributed by atoms with Crippen molar-refractivity contribution in [3.8, 4) is 27.4 Å². The minimum Gasteiger partial charge on any atom is -0.493 e. The molecule has 3 aromatic rings. The van der Waals surface area contributed by atoms with Crippen LogP contribution < -0.4 is 10.1 Å². The predicted octanol–water partition coefficient (Wildman–Crippen LogP) is 6.01. The van der Waals surface area contributed by atoms with Crippen molar-refractivity contribution < 1.29 is 9.47 Å². The summed E-state index contributed by atoms with van der Waals surface area (Å²) in [5.41, 5.74) is 8.01. The molecule has 0 atom stereocenters. The summed E-state index contributed by atoms with van der Waals surface area (Å²) >= 11 is 1.86. The molecule has 0 unspecified atom stereocenters. The van der Waals surface area contributed by atoms with Crippen LogP contribution in [0.3, 0.4) is 0 Å². The van der Waals surface area contributed by atoms with E-state index in [4.69, 9.17) is 14.5 Å². The highest BCUT2D eigenvalue weighted by molar-refractivity contribution is 7.15. The van der Waals surface area contributed by atoms with E-state index in [1.165, 1.54) is 70.7 Å². The summed E-state index contributed by atoms with van der Waals surface area (Å²) in [6.07, 6.45) is 5.94. The van der Waals surface area contributed by atoms with Gasteiger partial charge in [0.15, 0.2) is 0 Å². The first-order valence-corrected chi connectivity index (χ1v) is 14.8. The van der Waals surface area contributed by atoms with Gasteiger partial charge in [0.2, 0.25) is 0 Å². The van der Waals surface area contributed by atoms with Crippen LogP contribution in [-0.2, 0) is 17.7 Å². The van der Waals surface area contributed by atoms with Gasteiger partial charge in [-0.2, -0.15) is 0 Å². The van der Waals surface area contributed by atoms with Crippen LogP contribution in [0.5, 0.6) is 5.75 Å². The second-order valence-electron chi connectivity index (χ2n) is 11.1. The van der Waals surface area contributed by atoms with Crippen LogP contribution in [0.2, 0.25) is 0 Å². The van der Waals surface area contributed by atoms with Crippen LogP contribution in [0, 0.1) is 19.3 Å². The average molecular weight is 518 g/mol. The largest absolute Gasteiger partial charge is 0.493 e. The second-order valence-corrected chi connectivity index (χ2v) is 12.1. The fraction of sp³-hybridized carbons (Fsp3) is 0.516. The molecule has 4 heterocycles. The Labute approximate surface area is 225 Å². The zero-order valence-electron chi connectivity index (χ0n) is 22.3. The number of benzene rings is 2. The highest BCUT2D eigenvalue weighted by Gasteiger charge is 2.38. The van der Waals surface area contributed by atoms with Crippen LogP contribution in [-0.4, -0.2) is 55.9 Å². The molecule has 196 valence electrons. The predicted molar refractivity (Wildman–Crippen MR) is 152 cm³/mol. The number of hydrogen-bond acceptors (Lipinski definition) is 6. The first-order chi connectivity index (χ1) is 18.1. The van der Waals surface area contributed by atoms with Crippen LogP contribution in [0.15, 0.2) is 36.4 Å². The topological polar surface area (TPSA) is 46.6 Å². The maximum atomic E-state index is 6.34. The van der Waals surface area contributed by atoms with E-state index in [0.717, 1.165) is 63.1 Å². The molecule has 0 saturated carbocycles. The lowest BCUT2D eigenvalue weighted by molar-refractivity contribution is 0.0192. The molecule has 0 radical (unpaired) electrons. The molecule has 5 nitrogen and oxygen atoms in total. The Hall–Kier alpha value is -2.25. The molecule has 6 heteroatoms. The molecule has 6 rings (SSSR count). The lowest BCUT2D eigenvalue weighted by Crippen LogP contribution is -2.33. The molecule has 37 heavy (non-hydrogen) atoms. The third-order valence-corrected chi connectivity index (χ3v) is 9.88. The standard InChI is InChI=1S/C31H39N3O2S/c1-22-24(6-3-8-26(22)30-33-27-20-32-14-10-29(27)37-30)25-7-4-9-28(23(25)2)36-17-5-15-34-16-11-31(21-34)12-18-35-19-13-31/h3-4,6-9,32H,5,10-21H2,1-2H3. The number of ether oxygens (including phenoxy) is 2. The normalized spacial score (nSPS) is 19.3. The smallest absolute Gasteiger partial charge is 0.124 e. The number of thiazole rings is 1. The highest BCUT2D eigenvalue weighted by atomic mass is 32.1. The highest BCUT2D eigenvalue weighted by Crippen LogP contribution is 2.40. The van der Waals surface area contributed by atoms with E-state index in [9.17, 15) is 0 Å². The molecule has 0 bridgehead atoms. The Balaban J connectivity index is 1.12. The van der Waals surface area contributed by atoms with Gasteiger partial charge in [-0.15, -0.1) is 11.3 Å². The number of nitrogens with one attached hydrogen (secondary N) is 1. The van der Waals surface area contributed by atoms with Gasteiger partial charge in [-0.1, -0.05) is 30.3 Å². The third-order valence-electron chi connectivity index (χ3n) is 8.69. The van der Waals surface area contributed by atoms with Gasteiger partial charge in [0.1, 0.15) is 10.8 Å². The van der Waals surface area contributed by atoms with E-state index in [2.05, 4.69) is 60.5 Å². The van der Waals surface area contributed by atoms with E-state index < -0.39 is 0 Å². The Bertz CT molecular complexity index is 1220. The van der Waals surface area contributed by atoms with Gasteiger partial charge >= 0.3 is 0 Å². The van der Waals surface area contributed by atoms with Crippen molar-refractivity contribution in [3.05, 3.63) is 58.1 Å². The van der Waals surface area contributed by atoms with Gasteiger partial charge in [0, 0.05) is 49.8 Å². The maximum absolute atomic E-state index is 6.34. The summed E-state index contributed by atoms with van der Waals surface area (Å²) in [5, 5.41) is 4.59. The van der Waals surface area contributed by atoms with Crippen molar-refractivity contribution in [2.75, 3.05) is 46.0 Å². The number of nitrogens with zero attached hydrogens (tertiary/aromatic N) is 2. The summed E-state index contributed by atoms with van der Waals surface area (Å²) in [6.45, 7) is 12.6. The number of likely N-dealkylation sites (tertiary alicyclic amines) is 1. The fourth-order valence-corrected chi connectivity index (χ4v) is 7.52. The van der Waals surface area contributed by atoms with Gasteiger partial charge in [-0.05, 0) is 86.2 Å². The Kier molecular flexibility index (Phi) is 7.35. The van der Waals surface area contributed by atoms with E-state index in [1.54, 1.807) is 0 Å². The first kappa shape index (κ1) is 25.1.